The van der Waals surface area contributed by atoms with Gasteiger partial charge in [-0.05, 0) is 12.1 Å². The molecule has 80 valence electrons. The number of rotatable bonds is 4. The highest BCUT2D eigenvalue weighted by atomic mass is 16.5. The van der Waals surface area contributed by atoms with E-state index in [0.717, 1.165) is 0 Å². The number of ether oxygens (including phenoxy) is 1. The summed E-state index contributed by atoms with van der Waals surface area (Å²) in [7, 11) is 0. The van der Waals surface area contributed by atoms with E-state index in [2.05, 4.69) is 5.32 Å². The Hall–Kier alpha value is -2.04. The number of carbonyl (C=O) groups is 2. The van der Waals surface area contributed by atoms with Crippen LogP contribution in [-0.4, -0.2) is 30.1 Å². The van der Waals surface area contributed by atoms with Crippen LogP contribution in [0.2, 0.25) is 0 Å². The number of carboxylic acids is 1. The lowest BCUT2D eigenvalue weighted by Gasteiger charge is -2.05. The maximum atomic E-state index is 10.6. The fourth-order valence-corrected chi connectivity index (χ4v) is 0.926. The van der Waals surface area contributed by atoms with E-state index in [1.807, 2.05) is 18.2 Å². The van der Waals surface area contributed by atoms with Crippen LogP contribution < -0.4 is 10.1 Å². The van der Waals surface area contributed by atoms with Gasteiger partial charge in [0.2, 0.25) is 0 Å². The average molecular weight is 209 g/mol. The molecule has 2 N–H and O–H groups in total. The molecule has 0 aromatic heterocycles. The minimum absolute atomic E-state index is 0.167. The van der Waals surface area contributed by atoms with E-state index in [0.29, 0.717) is 5.75 Å². The molecular formula is C10H11NO4. The number of benzene rings is 1. The summed E-state index contributed by atoms with van der Waals surface area (Å²) in [6, 6.07) is 9.06. The molecule has 0 unspecified atom stereocenters. The van der Waals surface area contributed by atoms with Crippen molar-refractivity contribution in [2.45, 2.75) is 0 Å². The Balaban J connectivity index is 2.18. The van der Waals surface area contributed by atoms with E-state index in [4.69, 9.17) is 9.84 Å². The zero-order valence-electron chi connectivity index (χ0n) is 7.97. The zero-order valence-corrected chi connectivity index (χ0v) is 7.97. The SMILES string of the molecule is O=C(O)C(=O)NCCOc1ccccc1. The maximum Gasteiger partial charge on any atom is 0.394 e. The van der Waals surface area contributed by atoms with Crippen molar-refractivity contribution in [3.05, 3.63) is 30.3 Å². The lowest BCUT2D eigenvalue weighted by Crippen LogP contribution is -2.33. The molecule has 5 heteroatoms. The first-order valence-electron chi connectivity index (χ1n) is 4.39. The van der Waals surface area contributed by atoms with Crippen molar-refractivity contribution in [3.8, 4) is 5.75 Å². The van der Waals surface area contributed by atoms with Crippen molar-refractivity contribution in [2.75, 3.05) is 13.2 Å². The van der Waals surface area contributed by atoms with Gasteiger partial charge in [-0.1, -0.05) is 18.2 Å². The molecular weight excluding hydrogens is 198 g/mol. The monoisotopic (exact) mass is 209 g/mol. The molecule has 1 rings (SSSR count). The number of aliphatic carboxylic acids is 1. The van der Waals surface area contributed by atoms with Crippen LogP contribution >= 0.6 is 0 Å². The summed E-state index contributed by atoms with van der Waals surface area (Å²) in [6.07, 6.45) is 0. The average Bonchev–Trinajstić information content (AvgIpc) is 2.25. The number of nitrogens with one attached hydrogen (secondary N) is 1. The second kappa shape index (κ2) is 5.64. The number of hydrogen-bond donors (Lipinski definition) is 2. The van der Waals surface area contributed by atoms with Gasteiger partial charge in [-0.25, -0.2) is 4.79 Å². The highest BCUT2D eigenvalue weighted by Crippen LogP contribution is 2.07. The smallest absolute Gasteiger partial charge is 0.394 e. The predicted molar refractivity (Wildman–Crippen MR) is 52.6 cm³/mol. The summed E-state index contributed by atoms with van der Waals surface area (Å²) in [6.45, 7) is 0.406. The minimum atomic E-state index is -1.49. The van der Waals surface area contributed by atoms with Gasteiger partial charge >= 0.3 is 11.9 Å². The normalized spacial score (nSPS) is 9.33. The summed E-state index contributed by atoms with van der Waals surface area (Å²) in [4.78, 5) is 20.7. The van der Waals surface area contributed by atoms with Crippen LogP contribution in [0.4, 0.5) is 0 Å². The van der Waals surface area contributed by atoms with Gasteiger partial charge in [0.15, 0.2) is 0 Å². The first kappa shape index (κ1) is 11.0. The van der Waals surface area contributed by atoms with Gasteiger partial charge < -0.3 is 15.2 Å². The molecule has 0 bridgehead atoms. The van der Waals surface area contributed by atoms with Crippen molar-refractivity contribution in [3.63, 3.8) is 0 Å². The number of amides is 1. The molecule has 0 fully saturated rings. The van der Waals surface area contributed by atoms with E-state index >= 15 is 0 Å². The van der Waals surface area contributed by atoms with Crippen LogP contribution in [0, 0.1) is 0 Å². The Morgan fingerprint density at radius 1 is 1.27 bits per heavy atom. The second-order valence-electron chi connectivity index (χ2n) is 2.72. The molecule has 1 aromatic rings. The standard InChI is InChI=1S/C10H11NO4/c12-9(10(13)14)11-6-7-15-8-4-2-1-3-5-8/h1-5H,6-7H2,(H,11,12)(H,13,14). The maximum absolute atomic E-state index is 10.6. The van der Waals surface area contributed by atoms with E-state index in [-0.39, 0.29) is 13.2 Å². The highest BCUT2D eigenvalue weighted by molar-refractivity contribution is 6.31. The first-order chi connectivity index (χ1) is 7.20. The quantitative estimate of drug-likeness (QED) is 0.551. The predicted octanol–water partition coefficient (Wildman–Crippen LogP) is 0.266. The van der Waals surface area contributed by atoms with Crippen LogP contribution in [0.25, 0.3) is 0 Å². The summed E-state index contributed by atoms with van der Waals surface area (Å²) in [5.74, 6) is -1.83. The van der Waals surface area contributed by atoms with Gasteiger partial charge in [-0.2, -0.15) is 0 Å². The lowest BCUT2D eigenvalue weighted by molar-refractivity contribution is -0.150. The molecule has 0 saturated carbocycles. The molecule has 0 aliphatic heterocycles. The Morgan fingerprint density at radius 2 is 1.93 bits per heavy atom. The fourth-order valence-electron chi connectivity index (χ4n) is 0.926. The molecule has 0 aliphatic carbocycles. The van der Waals surface area contributed by atoms with Crippen molar-refractivity contribution in [2.24, 2.45) is 0 Å². The van der Waals surface area contributed by atoms with Gasteiger partial charge in [-0.15, -0.1) is 0 Å². The summed E-state index contributed by atoms with van der Waals surface area (Å²) >= 11 is 0. The molecule has 0 radical (unpaired) electrons. The largest absolute Gasteiger partial charge is 0.492 e. The van der Waals surface area contributed by atoms with Gasteiger partial charge in [-0.3, -0.25) is 4.79 Å². The van der Waals surface area contributed by atoms with Crippen molar-refractivity contribution >= 4 is 11.9 Å². The Labute approximate surface area is 86.7 Å². The lowest BCUT2D eigenvalue weighted by atomic mass is 10.3. The summed E-state index contributed by atoms with van der Waals surface area (Å²) in [5, 5.41) is 10.4. The third-order valence-corrected chi connectivity index (χ3v) is 1.59. The topological polar surface area (TPSA) is 75.6 Å². The molecule has 0 spiro atoms. The molecule has 1 amide bonds. The molecule has 0 heterocycles. The molecule has 1 aromatic carbocycles. The van der Waals surface area contributed by atoms with Crippen LogP contribution in [0.3, 0.4) is 0 Å². The Bertz CT molecular complexity index is 337. The molecule has 5 nitrogen and oxygen atoms in total. The third kappa shape index (κ3) is 4.12. The molecule has 0 atom stereocenters. The summed E-state index contributed by atoms with van der Waals surface area (Å²) in [5.41, 5.74) is 0. The third-order valence-electron chi connectivity index (χ3n) is 1.59. The first-order valence-corrected chi connectivity index (χ1v) is 4.39. The van der Waals surface area contributed by atoms with Gasteiger partial charge in [0.25, 0.3) is 0 Å². The van der Waals surface area contributed by atoms with Crippen LogP contribution in [0.15, 0.2) is 30.3 Å². The van der Waals surface area contributed by atoms with Crippen LogP contribution in [0.5, 0.6) is 5.75 Å². The molecule has 15 heavy (non-hydrogen) atoms. The number of carboxylic acid groups (broad SMARTS) is 1. The summed E-state index contributed by atoms with van der Waals surface area (Å²) < 4.78 is 5.23. The van der Waals surface area contributed by atoms with Crippen LogP contribution in [0.1, 0.15) is 0 Å². The molecule has 0 saturated heterocycles. The van der Waals surface area contributed by atoms with Crippen molar-refractivity contribution in [1.82, 2.24) is 5.32 Å². The number of hydrogen-bond acceptors (Lipinski definition) is 3. The Morgan fingerprint density at radius 3 is 2.53 bits per heavy atom. The van der Waals surface area contributed by atoms with Gasteiger partial charge in [0, 0.05) is 0 Å². The second-order valence-corrected chi connectivity index (χ2v) is 2.72. The fraction of sp³-hybridized carbons (Fsp3) is 0.200. The van der Waals surface area contributed by atoms with Gasteiger partial charge in [0.1, 0.15) is 12.4 Å². The van der Waals surface area contributed by atoms with Crippen LogP contribution in [-0.2, 0) is 9.59 Å². The van der Waals surface area contributed by atoms with Crippen molar-refractivity contribution in [1.29, 1.82) is 0 Å². The Kier molecular flexibility index (Phi) is 4.15. The van der Waals surface area contributed by atoms with Crippen molar-refractivity contribution < 1.29 is 19.4 Å². The van der Waals surface area contributed by atoms with E-state index in [1.165, 1.54) is 0 Å². The van der Waals surface area contributed by atoms with E-state index < -0.39 is 11.9 Å². The van der Waals surface area contributed by atoms with Gasteiger partial charge in [0.05, 0.1) is 6.54 Å². The number of carbonyl (C=O) groups excluding carboxylic acids is 1. The minimum Gasteiger partial charge on any atom is -0.492 e. The van der Waals surface area contributed by atoms with E-state index in [1.54, 1.807) is 12.1 Å². The number of para-hydroxylation sites is 1. The highest BCUT2D eigenvalue weighted by Gasteiger charge is 2.08. The zero-order chi connectivity index (χ0) is 11.1. The van der Waals surface area contributed by atoms with E-state index in [9.17, 15) is 9.59 Å². The molecule has 0 aliphatic rings.